The van der Waals surface area contributed by atoms with Crippen molar-refractivity contribution in [3.05, 3.63) is 30.6 Å². The average Bonchev–Trinajstić information content (AvgIpc) is 2.50. The Morgan fingerprint density at radius 2 is 2.55 bits per heavy atom. The van der Waals surface area contributed by atoms with Crippen molar-refractivity contribution in [2.24, 2.45) is 0 Å². The van der Waals surface area contributed by atoms with Gasteiger partial charge in [0.25, 0.3) is 0 Å². The molecule has 1 N–H and O–H groups in total. The lowest BCUT2D eigenvalue weighted by atomic mass is 10.3. The first-order valence-electron chi connectivity index (χ1n) is 3.23. The Morgan fingerprint density at radius 3 is 3.09 bits per heavy atom. The van der Waals surface area contributed by atoms with E-state index >= 15 is 0 Å². The molecule has 0 spiro atoms. The SMILES string of the molecule is C#CC(O)c1cccn1C=C. The van der Waals surface area contributed by atoms with Gasteiger partial charge in [0.2, 0.25) is 0 Å². The first kappa shape index (κ1) is 7.64. The van der Waals surface area contributed by atoms with Crippen LogP contribution < -0.4 is 0 Å². The van der Waals surface area contributed by atoms with Crippen LogP contribution in [0.3, 0.4) is 0 Å². The third-order valence-electron chi connectivity index (χ3n) is 1.45. The minimum atomic E-state index is -0.844. The molecule has 0 saturated carbocycles. The van der Waals surface area contributed by atoms with Gasteiger partial charge in [-0.25, -0.2) is 0 Å². The van der Waals surface area contributed by atoms with E-state index in [-0.39, 0.29) is 0 Å². The van der Waals surface area contributed by atoms with E-state index in [1.807, 2.05) is 0 Å². The van der Waals surface area contributed by atoms with Gasteiger partial charge in [0.1, 0.15) is 0 Å². The number of nitrogens with zero attached hydrogens (tertiary/aromatic N) is 1. The summed E-state index contributed by atoms with van der Waals surface area (Å²) in [5, 5.41) is 9.23. The molecular formula is C9H9NO. The number of rotatable bonds is 2. The molecule has 1 aromatic heterocycles. The quantitative estimate of drug-likeness (QED) is 0.626. The topological polar surface area (TPSA) is 25.2 Å². The van der Waals surface area contributed by atoms with E-state index in [9.17, 15) is 5.11 Å². The van der Waals surface area contributed by atoms with Gasteiger partial charge in [-0.2, -0.15) is 0 Å². The van der Waals surface area contributed by atoms with Crippen LogP contribution >= 0.6 is 0 Å². The lowest BCUT2D eigenvalue weighted by Gasteiger charge is -2.04. The van der Waals surface area contributed by atoms with Crippen molar-refractivity contribution in [3.63, 3.8) is 0 Å². The van der Waals surface area contributed by atoms with Crippen molar-refractivity contribution in [1.82, 2.24) is 4.57 Å². The number of aromatic nitrogens is 1. The van der Waals surface area contributed by atoms with Gasteiger partial charge in [-0.1, -0.05) is 12.5 Å². The maximum atomic E-state index is 9.23. The van der Waals surface area contributed by atoms with E-state index in [1.54, 1.807) is 29.1 Å². The lowest BCUT2D eigenvalue weighted by molar-refractivity contribution is 0.232. The highest BCUT2D eigenvalue weighted by atomic mass is 16.3. The van der Waals surface area contributed by atoms with Crippen molar-refractivity contribution >= 4 is 6.20 Å². The molecule has 0 radical (unpaired) electrons. The van der Waals surface area contributed by atoms with E-state index in [0.29, 0.717) is 5.69 Å². The Bertz CT molecular complexity index is 293. The molecular weight excluding hydrogens is 138 g/mol. The first-order valence-corrected chi connectivity index (χ1v) is 3.23. The zero-order chi connectivity index (χ0) is 8.27. The van der Waals surface area contributed by atoms with Gasteiger partial charge in [0, 0.05) is 12.4 Å². The van der Waals surface area contributed by atoms with E-state index in [0.717, 1.165) is 0 Å². The third-order valence-corrected chi connectivity index (χ3v) is 1.45. The van der Waals surface area contributed by atoms with Crippen molar-refractivity contribution < 1.29 is 5.11 Å². The molecule has 0 bridgehead atoms. The molecule has 2 heteroatoms. The fraction of sp³-hybridized carbons (Fsp3) is 0.111. The summed E-state index contributed by atoms with van der Waals surface area (Å²) >= 11 is 0. The molecule has 1 heterocycles. The molecule has 1 atom stereocenters. The summed E-state index contributed by atoms with van der Waals surface area (Å²) in [5.74, 6) is 2.23. The van der Waals surface area contributed by atoms with E-state index in [4.69, 9.17) is 6.42 Å². The zero-order valence-electron chi connectivity index (χ0n) is 6.07. The molecule has 0 aliphatic rings. The van der Waals surface area contributed by atoms with E-state index < -0.39 is 6.10 Å². The van der Waals surface area contributed by atoms with Crippen LogP contribution in [0.25, 0.3) is 6.20 Å². The molecule has 0 aromatic carbocycles. The number of hydrogen-bond acceptors (Lipinski definition) is 1. The second kappa shape index (κ2) is 3.09. The second-order valence-electron chi connectivity index (χ2n) is 2.09. The zero-order valence-corrected chi connectivity index (χ0v) is 6.07. The maximum Gasteiger partial charge on any atom is 0.155 e. The maximum absolute atomic E-state index is 9.23. The van der Waals surface area contributed by atoms with Crippen molar-refractivity contribution in [2.45, 2.75) is 6.10 Å². The minimum Gasteiger partial charge on any atom is -0.375 e. The van der Waals surface area contributed by atoms with Crippen LogP contribution in [0.5, 0.6) is 0 Å². The first-order chi connectivity index (χ1) is 5.29. The summed E-state index contributed by atoms with van der Waals surface area (Å²) in [6.45, 7) is 3.56. The standard InChI is InChI=1S/C9H9NO/c1-3-9(11)8-6-5-7-10(8)4-2/h1,4-7,9,11H,2H2. The van der Waals surface area contributed by atoms with E-state index in [1.165, 1.54) is 0 Å². The van der Waals surface area contributed by atoms with Crippen LogP contribution in [0.2, 0.25) is 0 Å². The molecule has 0 aliphatic heterocycles. The second-order valence-corrected chi connectivity index (χ2v) is 2.09. The Morgan fingerprint density at radius 1 is 1.82 bits per heavy atom. The van der Waals surface area contributed by atoms with Crippen LogP contribution in [0.15, 0.2) is 24.9 Å². The number of aliphatic hydroxyl groups excluding tert-OH is 1. The summed E-state index contributed by atoms with van der Waals surface area (Å²) in [6, 6.07) is 3.56. The Kier molecular flexibility index (Phi) is 2.15. The van der Waals surface area contributed by atoms with Crippen LogP contribution in [-0.2, 0) is 0 Å². The molecule has 56 valence electrons. The van der Waals surface area contributed by atoms with Crippen LogP contribution in [0.1, 0.15) is 11.8 Å². The average molecular weight is 147 g/mol. The van der Waals surface area contributed by atoms with Gasteiger partial charge < -0.3 is 9.67 Å². The molecule has 1 unspecified atom stereocenters. The van der Waals surface area contributed by atoms with Gasteiger partial charge in [-0.15, -0.1) is 6.42 Å². The highest BCUT2D eigenvalue weighted by Crippen LogP contribution is 2.12. The predicted octanol–water partition coefficient (Wildman–Crippen LogP) is 1.26. The van der Waals surface area contributed by atoms with Gasteiger partial charge in [0.15, 0.2) is 6.10 Å². The lowest BCUT2D eigenvalue weighted by Crippen LogP contribution is -1.99. The predicted molar refractivity (Wildman–Crippen MR) is 44.6 cm³/mol. The molecule has 1 rings (SSSR count). The molecule has 0 saturated heterocycles. The summed E-state index contributed by atoms with van der Waals surface area (Å²) in [6.07, 6.45) is 7.57. The Balaban J connectivity index is 3.03. The van der Waals surface area contributed by atoms with Gasteiger partial charge in [-0.3, -0.25) is 0 Å². The molecule has 1 aromatic rings. The molecule has 2 nitrogen and oxygen atoms in total. The van der Waals surface area contributed by atoms with Crippen LogP contribution in [-0.4, -0.2) is 9.67 Å². The largest absolute Gasteiger partial charge is 0.375 e. The number of terminal acetylenes is 1. The fourth-order valence-electron chi connectivity index (χ4n) is 0.890. The Labute approximate surface area is 65.8 Å². The van der Waals surface area contributed by atoms with Crippen LogP contribution in [0, 0.1) is 12.3 Å². The van der Waals surface area contributed by atoms with E-state index in [2.05, 4.69) is 12.5 Å². The van der Waals surface area contributed by atoms with Gasteiger partial charge in [-0.05, 0) is 12.1 Å². The van der Waals surface area contributed by atoms with Gasteiger partial charge >= 0.3 is 0 Å². The normalized spacial score (nSPS) is 12.0. The van der Waals surface area contributed by atoms with Crippen LogP contribution in [0.4, 0.5) is 0 Å². The number of aliphatic hydroxyl groups is 1. The van der Waals surface area contributed by atoms with Gasteiger partial charge in [0.05, 0.1) is 5.69 Å². The summed E-state index contributed by atoms with van der Waals surface area (Å²) in [5.41, 5.74) is 0.669. The summed E-state index contributed by atoms with van der Waals surface area (Å²) in [7, 11) is 0. The highest BCUT2D eigenvalue weighted by molar-refractivity contribution is 5.28. The minimum absolute atomic E-state index is 0.669. The summed E-state index contributed by atoms with van der Waals surface area (Å²) in [4.78, 5) is 0. The monoisotopic (exact) mass is 147 g/mol. The number of hydrogen-bond donors (Lipinski definition) is 1. The third kappa shape index (κ3) is 1.34. The van der Waals surface area contributed by atoms with Crippen molar-refractivity contribution in [1.29, 1.82) is 0 Å². The Hall–Kier alpha value is -1.46. The summed E-state index contributed by atoms with van der Waals surface area (Å²) < 4.78 is 1.69. The van der Waals surface area contributed by atoms with Crippen molar-refractivity contribution in [2.75, 3.05) is 0 Å². The smallest absolute Gasteiger partial charge is 0.155 e. The molecule has 0 fully saturated rings. The molecule has 0 amide bonds. The van der Waals surface area contributed by atoms with Crippen molar-refractivity contribution in [3.8, 4) is 12.3 Å². The molecule has 11 heavy (non-hydrogen) atoms. The highest BCUT2D eigenvalue weighted by Gasteiger charge is 2.05. The fourth-order valence-corrected chi connectivity index (χ4v) is 0.890. The molecule has 0 aliphatic carbocycles.